The summed E-state index contributed by atoms with van der Waals surface area (Å²) in [6, 6.07) is -4.31. The van der Waals surface area contributed by atoms with Crippen molar-refractivity contribution in [3.05, 3.63) is 22.8 Å². The summed E-state index contributed by atoms with van der Waals surface area (Å²) in [5, 5.41) is 8.88. The number of hydrogen-bond acceptors (Lipinski definition) is 8. The van der Waals surface area contributed by atoms with Crippen molar-refractivity contribution in [2.75, 3.05) is 27.2 Å². The summed E-state index contributed by atoms with van der Waals surface area (Å²) < 4.78 is 63.4. The maximum Gasteiger partial charge on any atom is 0.403 e. The molecule has 6 atom stereocenters. The zero-order valence-corrected chi connectivity index (χ0v) is 37.4. The number of carbonyl (C=O) groups is 6. The highest BCUT2D eigenvalue weighted by Crippen LogP contribution is 2.54. The van der Waals surface area contributed by atoms with Crippen LogP contribution in [0, 0.1) is 17.3 Å². The zero-order valence-electron chi connectivity index (χ0n) is 36.6. The van der Waals surface area contributed by atoms with Crippen LogP contribution in [0.25, 0.3) is 0 Å². The lowest BCUT2D eigenvalue weighted by molar-refractivity contribution is -0.248. The molecule has 0 unspecified atom stereocenters. The third-order valence-electron chi connectivity index (χ3n) is 13.2. The minimum absolute atomic E-state index is 0.00524. The molecule has 0 aromatic carbocycles. The lowest BCUT2D eigenvalue weighted by Gasteiger charge is -2.44. The Morgan fingerprint density at radius 2 is 1.70 bits per heavy atom. The molecule has 5 aliphatic rings. The second-order valence-electron chi connectivity index (χ2n) is 18.7. The Hall–Kier alpha value is -4.22. The van der Waals surface area contributed by atoms with E-state index in [0.29, 0.717) is 60.0 Å². The molecule has 3 N–H and O–H groups in total. The van der Waals surface area contributed by atoms with Gasteiger partial charge < -0.3 is 35.4 Å². The van der Waals surface area contributed by atoms with Crippen LogP contribution in [0.1, 0.15) is 116 Å². The number of halogens is 5. The fourth-order valence-corrected chi connectivity index (χ4v) is 9.16. The molecule has 14 nitrogen and oxygen atoms in total. The number of likely N-dealkylation sites (tertiary alicyclic amines) is 1. The predicted molar refractivity (Wildman–Crippen MR) is 224 cm³/mol. The van der Waals surface area contributed by atoms with Gasteiger partial charge in [-0.1, -0.05) is 57.6 Å². The van der Waals surface area contributed by atoms with Crippen LogP contribution >= 0.6 is 11.6 Å². The fraction of sp³-hybridized carbons (Fsp3) is 0.750. The van der Waals surface area contributed by atoms with Crippen LogP contribution in [-0.2, 0) is 35.2 Å². The van der Waals surface area contributed by atoms with Gasteiger partial charge >= 0.3 is 6.18 Å². The van der Waals surface area contributed by atoms with Crippen LogP contribution in [0.15, 0.2) is 12.3 Å². The lowest BCUT2D eigenvalue weighted by atomic mass is 9.67. The van der Waals surface area contributed by atoms with Crippen LogP contribution in [-0.4, -0.2) is 131 Å². The Balaban J connectivity index is 1.22. The van der Waals surface area contributed by atoms with Crippen molar-refractivity contribution < 1.29 is 51.1 Å². The number of hydrogen-bond donors (Lipinski definition) is 3. The number of likely N-dealkylation sites (N-methyl/N-ethyl adjacent to an activating group) is 2. The van der Waals surface area contributed by atoms with Crippen molar-refractivity contribution >= 4 is 47.0 Å². The maximum absolute atomic E-state index is 14.9. The van der Waals surface area contributed by atoms with Crippen molar-refractivity contribution in [3.63, 3.8) is 0 Å². The minimum Gasteiger partial charge on any atom is -0.474 e. The molecule has 3 saturated carbocycles. The van der Waals surface area contributed by atoms with Crippen LogP contribution in [0.5, 0.6) is 5.88 Å². The molecule has 0 radical (unpaired) electrons. The number of aromatic nitrogens is 1. The molecule has 5 fully saturated rings. The molecule has 3 heterocycles. The zero-order chi connectivity index (χ0) is 45.8. The first-order valence-electron chi connectivity index (χ1n) is 22.6. The van der Waals surface area contributed by atoms with Gasteiger partial charge in [-0.25, -0.2) is 9.37 Å². The lowest BCUT2D eigenvalue weighted by Crippen LogP contribution is -2.61. The molecule has 3 aliphatic carbocycles. The molecule has 350 valence electrons. The summed E-state index contributed by atoms with van der Waals surface area (Å²) >= 11 is 6.35. The predicted octanol–water partition coefficient (Wildman–Crippen LogP) is 5.04. The summed E-state index contributed by atoms with van der Waals surface area (Å²) in [5.74, 6) is -4.53. The van der Waals surface area contributed by atoms with Gasteiger partial charge in [-0.3, -0.25) is 28.8 Å². The van der Waals surface area contributed by atoms with Crippen molar-refractivity contribution in [3.8, 4) is 5.88 Å². The molecule has 1 aromatic heterocycles. The largest absolute Gasteiger partial charge is 0.474 e. The van der Waals surface area contributed by atoms with Gasteiger partial charge in [0.1, 0.15) is 47.9 Å². The average Bonchev–Trinajstić information content (AvgIpc) is 4.15. The summed E-state index contributed by atoms with van der Waals surface area (Å²) in [6.07, 6.45) is 0.363. The van der Waals surface area contributed by atoms with Crippen LogP contribution in [0.3, 0.4) is 0 Å². The van der Waals surface area contributed by atoms with Crippen molar-refractivity contribution in [1.29, 1.82) is 0 Å². The Morgan fingerprint density at radius 1 is 1.02 bits per heavy atom. The maximum atomic E-state index is 14.9. The Kier molecular flexibility index (Phi) is 15.5. The molecule has 2 aliphatic heterocycles. The number of amides is 6. The van der Waals surface area contributed by atoms with E-state index in [1.54, 1.807) is 6.07 Å². The molecule has 63 heavy (non-hydrogen) atoms. The second kappa shape index (κ2) is 20.3. The highest BCUT2D eigenvalue weighted by molar-refractivity contribution is 6.30. The van der Waals surface area contributed by atoms with Gasteiger partial charge in [-0.15, -0.1) is 0 Å². The minimum atomic E-state index is -4.87. The molecular formula is C44H62ClF4N7O7. The third kappa shape index (κ3) is 11.5. The highest BCUT2D eigenvalue weighted by Gasteiger charge is 2.66. The number of ether oxygens (including phenoxy) is 1. The van der Waals surface area contributed by atoms with E-state index >= 15 is 0 Å². The van der Waals surface area contributed by atoms with Crippen molar-refractivity contribution in [2.45, 2.75) is 165 Å². The van der Waals surface area contributed by atoms with E-state index in [-0.39, 0.29) is 43.6 Å². The van der Waals surface area contributed by atoms with Gasteiger partial charge in [-0.05, 0) is 75.7 Å². The van der Waals surface area contributed by atoms with Gasteiger partial charge in [0.05, 0.1) is 11.6 Å². The summed E-state index contributed by atoms with van der Waals surface area (Å²) in [5.41, 5.74) is -2.12. The number of pyridine rings is 1. The summed E-state index contributed by atoms with van der Waals surface area (Å²) in [6.45, 7) is 3.48. The molecule has 6 rings (SSSR count). The first-order chi connectivity index (χ1) is 29.8. The smallest absolute Gasteiger partial charge is 0.403 e. The van der Waals surface area contributed by atoms with Crippen molar-refractivity contribution in [2.24, 2.45) is 17.3 Å². The molecule has 6 amide bonds. The van der Waals surface area contributed by atoms with Gasteiger partial charge in [-0.2, -0.15) is 13.2 Å². The van der Waals surface area contributed by atoms with Gasteiger partial charge in [0.2, 0.25) is 41.3 Å². The monoisotopic (exact) mass is 911 g/mol. The Morgan fingerprint density at radius 3 is 2.32 bits per heavy atom. The highest BCUT2D eigenvalue weighted by atomic mass is 35.5. The van der Waals surface area contributed by atoms with E-state index in [1.807, 2.05) is 13.8 Å². The number of carbonyl (C=O) groups excluding carboxylic acids is 6. The van der Waals surface area contributed by atoms with E-state index in [4.69, 9.17) is 16.3 Å². The van der Waals surface area contributed by atoms with E-state index in [9.17, 15) is 46.3 Å². The molecule has 0 spiro atoms. The van der Waals surface area contributed by atoms with Crippen molar-refractivity contribution in [1.82, 2.24) is 35.6 Å². The van der Waals surface area contributed by atoms with E-state index in [1.165, 1.54) is 30.1 Å². The first kappa shape index (κ1) is 48.2. The van der Waals surface area contributed by atoms with Crippen LogP contribution in [0.2, 0.25) is 5.02 Å². The summed E-state index contributed by atoms with van der Waals surface area (Å²) in [4.78, 5) is 92.2. The van der Waals surface area contributed by atoms with E-state index < -0.39 is 109 Å². The Labute approximate surface area is 371 Å². The van der Waals surface area contributed by atoms with Gasteiger partial charge in [0, 0.05) is 45.2 Å². The van der Waals surface area contributed by atoms with E-state index in [2.05, 4.69) is 20.9 Å². The average molecular weight is 912 g/mol. The third-order valence-corrected chi connectivity index (χ3v) is 13.5. The van der Waals surface area contributed by atoms with E-state index in [0.717, 1.165) is 25.7 Å². The van der Waals surface area contributed by atoms with Gasteiger partial charge in [0.15, 0.2) is 0 Å². The van der Waals surface area contributed by atoms with Crippen LogP contribution in [0.4, 0.5) is 17.6 Å². The number of nitrogens with one attached hydrogen (secondary N) is 3. The topological polar surface area (TPSA) is 170 Å². The molecular weight excluding hydrogens is 850 g/mol. The SMILES string of the molecule is CC(C)C[C@@H]1NC(=O)[C@@H](N(C)C(=O)[C@@H](NC(=O)[C@@H]2C[C@@H](F)CN2C(=O)C2(C(F)(F)F)CCC2)C2CC2)CCCCCCCNC(=O)[C@H](Cc2cc(Cl)cnc2OC2CC2)N(C)C1=O. The fourth-order valence-electron chi connectivity index (χ4n) is 8.98. The number of rotatable bonds is 12. The number of alkyl halides is 4. The second-order valence-corrected chi connectivity index (χ2v) is 19.1. The normalized spacial score (nSPS) is 27.0. The number of nitrogens with zero attached hydrogens (tertiary/aromatic N) is 4. The molecule has 0 bridgehead atoms. The summed E-state index contributed by atoms with van der Waals surface area (Å²) in [7, 11) is 2.94. The standard InChI is InChI=1S/C44H62ClF4N7O7/c1-25(2)19-31-40(60)55(4)33(21-27-20-28(45)23-51-39(27)63-30-14-15-30)36(57)50-18-9-7-5-6-8-11-32(37(58)52-31)54(3)41(61)35(26-12-13-26)53-38(59)34-22-29(46)24-56(34)42(62)43(16-10-17-43)44(47,48)49/h20,23,25-26,29-35H,5-19,21-22,24H2,1-4H3,(H,50,57)(H,52,58)(H,53,59)/t29-,31+,32+,33+,34+,35+/m1/s1. The molecule has 1 aromatic rings. The van der Waals surface area contributed by atoms with Gasteiger partial charge in [0.25, 0.3) is 0 Å². The van der Waals surface area contributed by atoms with Crippen LogP contribution < -0.4 is 20.7 Å². The Bertz CT molecular complexity index is 1860. The molecule has 2 saturated heterocycles. The first-order valence-corrected chi connectivity index (χ1v) is 22.9. The molecule has 19 heteroatoms. The quantitative estimate of drug-likeness (QED) is 0.245.